The quantitative estimate of drug-likeness (QED) is 0.608. The summed E-state index contributed by atoms with van der Waals surface area (Å²) < 4.78 is 6.80. The number of pyridine rings is 1. The number of rotatable bonds is 3. The molecule has 2 fully saturated rings. The van der Waals surface area contributed by atoms with E-state index in [2.05, 4.69) is 4.98 Å². The van der Waals surface area contributed by atoms with E-state index in [1.807, 2.05) is 4.90 Å². The van der Waals surface area contributed by atoms with Gasteiger partial charge in [0.25, 0.3) is 0 Å². The van der Waals surface area contributed by atoms with Crippen LogP contribution in [0.5, 0.6) is 0 Å². The Morgan fingerprint density at radius 3 is 2.81 bits per heavy atom. The minimum absolute atomic E-state index is 0.0133. The highest BCUT2D eigenvalue weighted by atomic mass is 16.6. The number of carbonyl (C=O) groups is 1. The summed E-state index contributed by atoms with van der Waals surface area (Å²) in [7, 11) is 0. The summed E-state index contributed by atoms with van der Waals surface area (Å²) in [6.07, 6.45) is 4.13. The maximum Gasteiger partial charge on any atom is 0.372 e. The van der Waals surface area contributed by atoms with Gasteiger partial charge in [-0.1, -0.05) is 6.07 Å². The van der Waals surface area contributed by atoms with Crippen LogP contribution in [0.1, 0.15) is 19.3 Å². The molecule has 0 radical (unpaired) electrons. The Labute approximate surface area is 150 Å². The van der Waals surface area contributed by atoms with Crippen LogP contribution >= 0.6 is 0 Å². The Morgan fingerprint density at radius 1 is 1.23 bits per heavy atom. The standard InChI is InChI=1S/C17H21N5O4/c23-17(19-9-11-26-12-10-19)13-5-1-3-7-20(13)15-16(22(24)25)21-8-4-2-6-14(21)18-15/h2,4,6,8,13H,1,3,5,7,9-12H2. The highest BCUT2D eigenvalue weighted by Gasteiger charge is 2.38. The minimum Gasteiger partial charge on any atom is -0.378 e. The van der Waals surface area contributed by atoms with E-state index < -0.39 is 11.0 Å². The number of carbonyl (C=O) groups excluding carboxylic acids is 1. The lowest BCUT2D eigenvalue weighted by Gasteiger charge is -2.38. The lowest BCUT2D eigenvalue weighted by Crippen LogP contribution is -2.53. The van der Waals surface area contributed by atoms with Crippen molar-refractivity contribution in [2.24, 2.45) is 0 Å². The van der Waals surface area contributed by atoms with Crippen LogP contribution in [0, 0.1) is 10.1 Å². The van der Waals surface area contributed by atoms with Gasteiger partial charge in [-0.3, -0.25) is 4.79 Å². The molecule has 26 heavy (non-hydrogen) atoms. The molecule has 138 valence electrons. The van der Waals surface area contributed by atoms with Gasteiger partial charge in [-0.15, -0.1) is 0 Å². The SMILES string of the molecule is O=C(C1CCCCN1c1nc2ccccn2c1[N+](=O)[O-])N1CCOCC1. The van der Waals surface area contributed by atoms with Gasteiger partial charge in [-0.2, -0.15) is 9.38 Å². The first kappa shape index (κ1) is 16.8. The zero-order chi connectivity index (χ0) is 18.1. The Hall–Kier alpha value is -2.68. The van der Waals surface area contributed by atoms with Crippen LogP contribution in [-0.4, -0.2) is 64.0 Å². The summed E-state index contributed by atoms with van der Waals surface area (Å²) in [5.74, 6) is 0.217. The molecule has 4 rings (SSSR count). The summed E-state index contributed by atoms with van der Waals surface area (Å²) in [5, 5.41) is 11.7. The summed E-state index contributed by atoms with van der Waals surface area (Å²) in [6, 6.07) is 4.85. The highest BCUT2D eigenvalue weighted by molar-refractivity contribution is 5.86. The van der Waals surface area contributed by atoms with E-state index in [-0.39, 0.29) is 17.5 Å². The number of nitrogens with zero attached hydrogens (tertiary/aromatic N) is 5. The van der Waals surface area contributed by atoms with Crippen LogP contribution < -0.4 is 4.90 Å². The van der Waals surface area contributed by atoms with Crippen molar-refractivity contribution < 1.29 is 14.5 Å². The molecule has 0 aromatic carbocycles. The number of hydrogen-bond acceptors (Lipinski definition) is 6. The number of morpholine rings is 1. The van der Waals surface area contributed by atoms with E-state index in [1.54, 1.807) is 29.3 Å². The molecule has 2 aromatic heterocycles. The van der Waals surface area contributed by atoms with E-state index in [4.69, 9.17) is 4.74 Å². The third kappa shape index (κ3) is 2.88. The van der Waals surface area contributed by atoms with Crippen molar-refractivity contribution in [3.8, 4) is 0 Å². The van der Waals surface area contributed by atoms with Crippen LogP contribution in [0.3, 0.4) is 0 Å². The first-order chi connectivity index (χ1) is 12.7. The van der Waals surface area contributed by atoms with Crippen molar-refractivity contribution in [1.29, 1.82) is 0 Å². The summed E-state index contributed by atoms with van der Waals surface area (Å²) in [6.45, 7) is 2.79. The zero-order valence-electron chi connectivity index (χ0n) is 14.4. The van der Waals surface area contributed by atoms with Gasteiger partial charge < -0.3 is 24.7 Å². The summed E-state index contributed by atoms with van der Waals surface area (Å²) >= 11 is 0. The number of nitro groups is 1. The van der Waals surface area contributed by atoms with Gasteiger partial charge in [-0.05, 0) is 30.3 Å². The number of anilines is 1. The fourth-order valence-electron chi connectivity index (χ4n) is 3.77. The van der Waals surface area contributed by atoms with Crippen LogP contribution in [-0.2, 0) is 9.53 Å². The molecule has 9 heteroatoms. The van der Waals surface area contributed by atoms with Gasteiger partial charge in [0.05, 0.1) is 19.4 Å². The van der Waals surface area contributed by atoms with Gasteiger partial charge in [0, 0.05) is 25.7 Å². The molecule has 2 aliphatic heterocycles. The molecular formula is C17H21N5O4. The first-order valence-corrected chi connectivity index (χ1v) is 8.91. The second kappa shape index (κ2) is 6.91. The molecule has 0 N–H and O–H groups in total. The second-order valence-corrected chi connectivity index (χ2v) is 6.59. The number of imidazole rings is 1. The van der Waals surface area contributed by atoms with Gasteiger partial charge in [-0.25, -0.2) is 0 Å². The Balaban J connectivity index is 1.72. The molecule has 1 unspecified atom stereocenters. The Kier molecular flexibility index (Phi) is 4.46. The van der Waals surface area contributed by atoms with Gasteiger partial charge in [0.2, 0.25) is 17.4 Å². The monoisotopic (exact) mass is 359 g/mol. The fourth-order valence-corrected chi connectivity index (χ4v) is 3.77. The van der Waals surface area contributed by atoms with E-state index >= 15 is 0 Å². The molecule has 1 atom stereocenters. The van der Waals surface area contributed by atoms with E-state index in [1.165, 1.54) is 4.40 Å². The first-order valence-electron chi connectivity index (χ1n) is 8.91. The third-order valence-corrected chi connectivity index (χ3v) is 5.04. The van der Waals surface area contributed by atoms with Crippen LogP contribution in [0.15, 0.2) is 24.4 Å². The number of ether oxygens (including phenoxy) is 1. The summed E-state index contributed by atoms with van der Waals surface area (Å²) in [4.78, 5) is 32.5. The van der Waals surface area contributed by atoms with E-state index in [9.17, 15) is 14.9 Å². The maximum atomic E-state index is 13.1. The average Bonchev–Trinajstić information content (AvgIpc) is 3.08. The normalized spacial score (nSPS) is 21.2. The number of piperidine rings is 1. The van der Waals surface area contributed by atoms with Crippen LogP contribution in [0.25, 0.3) is 5.65 Å². The molecular weight excluding hydrogens is 338 g/mol. The van der Waals surface area contributed by atoms with Crippen molar-refractivity contribution in [3.05, 3.63) is 34.5 Å². The van der Waals surface area contributed by atoms with Crippen molar-refractivity contribution in [2.75, 3.05) is 37.7 Å². The van der Waals surface area contributed by atoms with Crippen molar-refractivity contribution >= 4 is 23.2 Å². The number of fused-ring (bicyclic) bond motifs is 1. The average molecular weight is 359 g/mol. The van der Waals surface area contributed by atoms with Crippen molar-refractivity contribution in [2.45, 2.75) is 25.3 Å². The molecule has 4 heterocycles. The Morgan fingerprint density at radius 2 is 2.04 bits per heavy atom. The van der Waals surface area contributed by atoms with E-state index in [0.717, 1.165) is 12.8 Å². The highest BCUT2D eigenvalue weighted by Crippen LogP contribution is 2.33. The minimum atomic E-state index is -0.416. The topological polar surface area (TPSA) is 93.2 Å². The predicted molar refractivity (Wildman–Crippen MR) is 94.2 cm³/mol. The zero-order valence-corrected chi connectivity index (χ0v) is 14.4. The van der Waals surface area contributed by atoms with Crippen LogP contribution in [0.4, 0.5) is 11.6 Å². The predicted octanol–water partition coefficient (Wildman–Crippen LogP) is 1.46. The van der Waals surface area contributed by atoms with Gasteiger partial charge >= 0.3 is 5.82 Å². The number of aromatic nitrogens is 2. The molecule has 0 spiro atoms. The van der Waals surface area contributed by atoms with E-state index in [0.29, 0.717) is 44.9 Å². The molecule has 2 aliphatic rings. The van der Waals surface area contributed by atoms with Gasteiger partial charge in [0.1, 0.15) is 6.04 Å². The Bertz CT molecular complexity index is 830. The summed E-state index contributed by atoms with van der Waals surface area (Å²) in [5.41, 5.74) is 0.511. The molecule has 2 saturated heterocycles. The molecule has 0 aliphatic carbocycles. The molecule has 9 nitrogen and oxygen atoms in total. The molecule has 2 aromatic rings. The molecule has 0 saturated carbocycles. The number of hydrogen-bond donors (Lipinski definition) is 0. The molecule has 1 amide bonds. The lowest BCUT2D eigenvalue weighted by molar-refractivity contribution is -0.389. The van der Waals surface area contributed by atoms with Crippen molar-refractivity contribution in [1.82, 2.24) is 14.3 Å². The maximum absolute atomic E-state index is 13.1. The smallest absolute Gasteiger partial charge is 0.372 e. The fraction of sp³-hybridized carbons (Fsp3) is 0.529. The second-order valence-electron chi connectivity index (χ2n) is 6.59. The number of amides is 1. The molecule has 0 bridgehead atoms. The lowest BCUT2D eigenvalue weighted by atomic mass is 10.0. The largest absolute Gasteiger partial charge is 0.378 e. The van der Waals surface area contributed by atoms with Crippen molar-refractivity contribution in [3.63, 3.8) is 0 Å². The van der Waals surface area contributed by atoms with Crippen LogP contribution in [0.2, 0.25) is 0 Å². The van der Waals surface area contributed by atoms with Gasteiger partial charge in [0.15, 0.2) is 0 Å². The third-order valence-electron chi connectivity index (χ3n) is 5.04.